The van der Waals surface area contributed by atoms with Crippen molar-refractivity contribution in [2.24, 2.45) is 5.92 Å². The molecule has 84 valence electrons. The lowest BCUT2D eigenvalue weighted by Gasteiger charge is -2.20. The third-order valence-corrected chi connectivity index (χ3v) is 2.77. The summed E-state index contributed by atoms with van der Waals surface area (Å²) in [6, 6.07) is 2.00. The van der Waals surface area contributed by atoms with E-state index < -0.39 is 5.92 Å². The van der Waals surface area contributed by atoms with Gasteiger partial charge in [0.1, 0.15) is 5.92 Å². The van der Waals surface area contributed by atoms with Crippen LogP contribution in [0.2, 0.25) is 0 Å². The normalized spacial score (nSPS) is 24.2. The van der Waals surface area contributed by atoms with E-state index in [2.05, 4.69) is 5.32 Å². The van der Waals surface area contributed by atoms with Crippen molar-refractivity contribution in [3.8, 4) is 6.07 Å². The summed E-state index contributed by atoms with van der Waals surface area (Å²) in [5.41, 5.74) is 0. The maximum absolute atomic E-state index is 11.6. The molecule has 1 rings (SSSR count). The van der Waals surface area contributed by atoms with Crippen LogP contribution in [0.1, 0.15) is 33.1 Å². The lowest BCUT2D eigenvalue weighted by Crippen LogP contribution is -2.43. The maximum Gasteiger partial charge on any atom is 0.237 e. The highest BCUT2D eigenvalue weighted by Gasteiger charge is 2.25. The molecule has 0 saturated carbocycles. The third kappa shape index (κ3) is 3.21. The number of carbonyl (C=O) groups excluding carboxylic acids is 1. The highest BCUT2D eigenvalue weighted by atomic mass is 16.5. The van der Waals surface area contributed by atoms with Crippen LogP contribution in [-0.2, 0) is 9.53 Å². The molecule has 4 nitrogen and oxygen atoms in total. The zero-order valence-corrected chi connectivity index (χ0v) is 9.32. The van der Waals surface area contributed by atoms with Crippen LogP contribution in [-0.4, -0.2) is 24.7 Å². The third-order valence-electron chi connectivity index (χ3n) is 2.77. The number of ether oxygens (including phenoxy) is 1. The smallest absolute Gasteiger partial charge is 0.237 e. The van der Waals surface area contributed by atoms with E-state index in [1.54, 1.807) is 0 Å². The molecule has 1 aliphatic heterocycles. The fourth-order valence-electron chi connectivity index (χ4n) is 1.75. The van der Waals surface area contributed by atoms with Gasteiger partial charge < -0.3 is 10.1 Å². The molecule has 1 fully saturated rings. The molecule has 15 heavy (non-hydrogen) atoms. The molecule has 3 unspecified atom stereocenters. The first-order valence-corrected chi connectivity index (χ1v) is 5.50. The lowest BCUT2D eigenvalue weighted by atomic mass is 10.1. The van der Waals surface area contributed by atoms with E-state index in [0.717, 1.165) is 19.4 Å². The van der Waals surface area contributed by atoms with E-state index in [1.165, 1.54) is 0 Å². The van der Waals surface area contributed by atoms with Gasteiger partial charge in [-0.25, -0.2) is 0 Å². The Morgan fingerprint density at radius 3 is 2.93 bits per heavy atom. The van der Waals surface area contributed by atoms with Crippen LogP contribution in [0.5, 0.6) is 0 Å². The molecule has 0 spiro atoms. The first kappa shape index (κ1) is 12.0. The number of nitrogens with zero attached hydrogens (tertiary/aromatic N) is 1. The largest absolute Gasteiger partial charge is 0.376 e. The summed E-state index contributed by atoms with van der Waals surface area (Å²) in [6.07, 6.45) is 2.72. The zero-order valence-electron chi connectivity index (χ0n) is 9.32. The first-order valence-electron chi connectivity index (χ1n) is 5.50. The molecule has 0 aliphatic carbocycles. The van der Waals surface area contributed by atoms with E-state index in [4.69, 9.17) is 10.00 Å². The van der Waals surface area contributed by atoms with E-state index in [9.17, 15) is 4.79 Å². The van der Waals surface area contributed by atoms with Crippen LogP contribution in [0.4, 0.5) is 0 Å². The van der Waals surface area contributed by atoms with Gasteiger partial charge in [0.15, 0.2) is 0 Å². The molecule has 0 radical (unpaired) electrons. The fraction of sp³-hybridized carbons (Fsp3) is 0.818. The molecule has 0 aromatic rings. The Bertz CT molecular complexity index is 254. The number of hydrogen-bond acceptors (Lipinski definition) is 3. The van der Waals surface area contributed by atoms with Crippen LogP contribution >= 0.6 is 0 Å². The van der Waals surface area contributed by atoms with Gasteiger partial charge in [-0.3, -0.25) is 4.79 Å². The van der Waals surface area contributed by atoms with Gasteiger partial charge in [-0.05, 0) is 26.2 Å². The molecule has 0 bridgehead atoms. The Hall–Kier alpha value is -1.08. The second-order valence-electron chi connectivity index (χ2n) is 3.94. The van der Waals surface area contributed by atoms with Crippen molar-refractivity contribution in [3.05, 3.63) is 0 Å². The van der Waals surface area contributed by atoms with E-state index >= 15 is 0 Å². The molecule has 1 aliphatic rings. The number of hydrogen-bond donors (Lipinski definition) is 1. The first-order chi connectivity index (χ1) is 7.19. The molecule has 1 saturated heterocycles. The number of carbonyl (C=O) groups is 1. The SMILES string of the molecule is CCC(C#N)C(=O)NC(C)C1CCCO1. The topological polar surface area (TPSA) is 62.1 Å². The predicted molar refractivity (Wildman–Crippen MR) is 56.0 cm³/mol. The van der Waals surface area contributed by atoms with Crippen LogP contribution in [0, 0.1) is 17.2 Å². The van der Waals surface area contributed by atoms with Gasteiger partial charge in [-0.15, -0.1) is 0 Å². The lowest BCUT2D eigenvalue weighted by molar-refractivity contribution is -0.124. The fourth-order valence-corrected chi connectivity index (χ4v) is 1.75. The zero-order chi connectivity index (χ0) is 11.3. The second-order valence-corrected chi connectivity index (χ2v) is 3.94. The molecular weight excluding hydrogens is 192 g/mol. The number of nitrogens with one attached hydrogen (secondary N) is 1. The standard InChI is InChI=1S/C11H18N2O2/c1-3-9(7-12)11(14)13-8(2)10-5-4-6-15-10/h8-10H,3-6H2,1-2H3,(H,13,14). The van der Waals surface area contributed by atoms with Crippen molar-refractivity contribution in [1.82, 2.24) is 5.32 Å². The summed E-state index contributed by atoms with van der Waals surface area (Å²) in [4.78, 5) is 11.6. The minimum atomic E-state index is -0.533. The average Bonchev–Trinajstić information content (AvgIpc) is 2.72. The molecule has 3 atom stereocenters. The summed E-state index contributed by atoms with van der Waals surface area (Å²) in [7, 11) is 0. The summed E-state index contributed by atoms with van der Waals surface area (Å²) in [5.74, 6) is -0.711. The van der Waals surface area contributed by atoms with Crippen molar-refractivity contribution in [2.75, 3.05) is 6.61 Å². The molecule has 1 amide bonds. The molecule has 4 heteroatoms. The van der Waals surface area contributed by atoms with Crippen molar-refractivity contribution < 1.29 is 9.53 Å². The summed E-state index contributed by atoms with van der Waals surface area (Å²) in [6.45, 7) is 4.54. The monoisotopic (exact) mass is 210 g/mol. The minimum absolute atomic E-state index is 0.00222. The quantitative estimate of drug-likeness (QED) is 0.758. The number of amides is 1. The van der Waals surface area contributed by atoms with Crippen molar-refractivity contribution >= 4 is 5.91 Å². The van der Waals surface area contributed by atoms with Gasteiger partial charge in [0.25, 0.3) is 0 Å². The Labute approximate surface area is 90.6 Å². The minimum Gasteiger partial charge on any atom is -0.376 e. The van der Waals surface area contributed by atoms with Crippen LogP contribution in [0.3, 0.4) is 0 Å². The molecule has 1 heterocycles. The van der Waals surface area contributed by atoms with Gasteiger partial charge in [-0.1, -0.05) is 6.92 Å². The Morgan fingerprint density at radius 2 is 2.47 bits per heavy atom. The van der Waals surface area contributed by atoms with Crippen LogP contribution in [0.15, 0.2) is 0 Å². The highest BCUT2D eigenvalue weighted by molar-refractivity contribution is 5.81. The summed E-state index contributed by atoms with van der Waals surface area (Å²) in [5, 5.41) is 11.6. The average molecular weight is 210 g/mol. The summed E-state index contributed by atoms with van der Waals surface area (Å²) < 4.78 is 5.46. The summed E-state index contributed by atoms with van der Waals surface area (Å²) >= 11 is 0. The van der Waals surface area contributed by atoms with Gasteiger partial charge in [0.2, 0.25) is 5.91 Å². The Balaban J connectivity index is 2.40. The van der Waals surface area contributed by atoms with Crippen molar-refractivity contribution in [2.45, 2.75) is 45.3 Å². The van der Waals surface area contributed by atoms with Crippen LogP contribution < -0.4 is 5.32 Å². The predicted octanol–water partition coefficient (Wildman–Crippen LogP) is 1.22. The van der Waals surface area contributed by atoms with E-state index in [-0.39, 0.29) is 18.1 Å². The van der Waals surface area contributed by atoms with Gasteiger partial charge >= 0.3 is 0 Å². The molecule has 0 aromatic heterocycles. The Kier molecular flexibility index (Phi) is 4.57. The van der Waals surface area contributed by atoms with Gasteiger partial charge in [-0.2, -0.15) is 5.26 Å². The van der Waals surface area contributed by atoms with E-state index in [0.29, 0.717) is 6.42 Å². The van der Waals surface area contributed by atoms with E-state index in [1.807, 2.05) is 19.9 Å². The number of rotatable bonds is 4. The maximum atomic E-state index is 11.6. The van der Waals surface area contributed by atoms with Crippen LogP contribution in [0.25, 0.3) is 0 Å². The molecule has 0 aromatic carbocycles. The van der Waals surface area contributed by atoms with Gasteiger partial charge in [0.05, 0.1) is 18.2 Å². The van der Waals surface area contributed by atoms with Crippen molar-refractivity contribution in [1.29, 1.82) is 5.26 Å². The second kappa shape index (κ2) is 5.72. The Morgan fingerprint density at radius 1 is 1.73 bits per heavy atom. The number of nitriles is 1. The van der Waals surface area contributed by atoms with Crippen molar-refractivity contribution in [3.63, 3.8) is 0 Å². The molecule has 1 N–H and O–H groups in total. The molecular formula is C11H18N2O2. The highest BCUT2D eigenvalue weighted by Crippen LogP contribution is 2.15. The van der Waals surface area contributed by atoms with Gasteiger partial charge in [0, 0.05) is 6.61 Å².